The number of nitrogens with zero attached hydrogens (tertiary/aromatic N) is 1. The first-order valence-electron chi connectivity index (χ1n) is 10.3. The van der Waals surface area contributed by atoms with Gasteiger partial charge >= 0.3 is 0 Å². The molecule has 178 valence electrons. The van der Waals surface area contributed by atoms with Crippen molar-refractivity contribution < 1.29 is 19.1 Å². The maximum absolute atomic E-state index is 12.6. The summed E-state index contributed by atoms with van der Waals surface area (Å²) in [6.45, 7) is 1.69. The molecular weight excluding hydrogens is 534 g/mol. The van der Waals surface area contributed by atoms with E-state index in [0.29, 0.717) is 37.9 Å². The number of benzene rings is 3. The lowest BCUT2D eigenvalue weighted by atomic mass is 10.1. The molecule has 0 saturated carbocycles. The van der Waals surface area contributed by atoms with Gasteiger partial charge in [-0.3, -0.25) is 9.59 Å². The molecule has 0 radical (unpaired) electrons. The molecular formula is C26H21BrClN3O4. The van der Waals surface area contributed by atoms with Crippen molar-refractivity contribution in [3.05, 3.63) is 86.9 Å². The Morgan fingerprint density at radius 2 is 1.80 bits per heavy atom. The van der Waals surface area contributed by atoms with Gasteiger partial charge in [-0.1, -0.05) is 29.8 Å². The average Bonchev–Trinajstić information content (AvgIpc) is 2.81. The number of amides is 2. The summed E-state index contributed by atoms with van der Waals surface area (Å²) in [6, 6.07) is 19.2. The van der Waals surface area contributed by atoms with Crippen LogP contribution < -0.4 is 20.1 Å². The molecule has 0 heterocycles. The van der Waals surface area contributed by atoms with Gasteiger partial charge in [0.05, 0.1) is 11.6 Å². The fourth-order valence-electron chi connectivity index (χ4n) is 3.10. The maximum atomic E-state index is 12.6. The minimum Gasteiger partial charge on any atom is -0.493 e. The van der Waals surface area contributed by atoms with E-state index < -0.39 is 5.91 Å². The third-order valence-corrected chi connectivity index (χ3v) is 5.48. The minimum atomic E-state index is -0.585. The number of anilines is 2. The summed E-state index contributed by atoms with van der Waals surface area (Å²) in [6.07, 6.45) is 1.42. The van der Waals surface area contributed by atoms with Crippen molar-refractivity contribution in [2.24, 2.45) is 0 Å². The van der Waals surface area contributed by atoms with Crippen molar-refractivity contribution in [2.45, 2.75) is 6.92 Å². The Morgan fingerprint density at radius 1 is 1.09 bits per heavy atom. The topological polar surface area (TPSA) is 100 Å². The van der Waals surface area contributed by atoms with Crippen LogP contribution in [0.25, 0.3) is 6.08 Å². The zero-order valence-corrected chi connectivity index (χ0v) is 21.2. The molecule has 0 aromatic heterocycles. The summed E-state index contributed by atoms with van der Waals surface area (Å²) in [5.41, 5.74) is 2.56. The third-order valence-electron chi connectivity index (χ3n) is 4.66. The van der Waals surface area contributed by atoms with Crippen LogP contribution in [-0.2, 0) is 9.59 Å². The van der Waals surface area contributed by atoms with Crippen LogP contribution in [0.4, 0.5) is 11.4 Å². The molecule has 2 N–H and O–H groups in total. The largest absolute Gasteiger partial charge is 0.493 e. The number of methoxy groups -OCH3 is 1. The van der Waals surface area contributed by atoms with Crippen LogP contribution in [0.1, 0.15) is 11.1 Å². The second kappa shape index (κ2) is 12.1. The molecule has 0 unspecified atom stereocenters. The van der Waals surface area contributed by atoms with E-state index in [9.17, 15) is 14.9 Å². The van der Waals surface area contributed by atoms with Gasteiger partial charge in [0.2, 0.25) is 0 Å². The molecule has 7 nitrogen and oxygen atoms in total. The van der Waals surface area contributed by atoms with Crippen molar-refractivity contribution in [2.75, 3.05) is 24.4 Å². The molecule has 3 aromatic carbocycles. The highest BCUT2D eigenvalue weighted by atomic mass is 79.9. The predicted octanol–water partition coefficient (Wildman–Crippen LogP) is 5.98. The molecule has 0 fully saturated rings. The number of carbonyl (C=O) groups is 2. The van der Waals surface area contributed by atoms with Crippen molar-refractivity contribution in [1.82, 2.24) is 0 Å². The quantitative estimate of drug-likeness (QED) is 0.263. The summed E-state index contributed by atoms with van der Waals surface area (Å²) in [7, 11) is 1.45. The van der Waals surface area contributed by atoms with Gasteiger partial charge in [-0.05, 0) is 82.5 Å². The van der Waals surface area contributed by atoms with Gasteiger partial charge in [-0.15, -0.1) is 0 Å². The van der Waals surface area contributed by atoms with Gasteiger partial charge < -0.3 is 20.1 Å². The monoisotopic (exact) mass is 553 g/mol. The standard InChI is InChI=1S/C26H21BrClN3O4/c1-16-5-3-7-20(9-16)30-24(32)15-35-25-22(27)11-17(12-23(25)34-2)10-18(14-29)26(33)31-21-8-4-6-19(28)13-21/h3-13H,15H2,1-2H3,(H,30,32)(H,31,33)/b18-10+. The van der Waals surface area contributed by atoms with Crippen molar-refractivity contribution >= 4 is 56.8 Å². The minimum absolute atomic E-state index is 0.120. The summed E-state index contributed by atoms with van der Waals surface area (Å²) in [4.78, 5) is 24.9. The molecule has 0 saturated heterocycles. The van der Waals surface area contributed by atoms with Crippen molar-refractivity contribution in [3.63, 3.8) is 0 Å². The fraction of sp³-hybridized carbons (Fsp3) is 0.115. The molecule has 3 aromatic rings. The normalized spacial score (nSPS) is 10.8. The van der Waals surface area contributed by atoms with E-state index >= 15 is 0 Å². The van der Waals surface area contributed by atoms with E-state index in [0.717, 1.165) is 5.56 Å². The van der Waals surface area contributed by atoms with E-state index in [2.05, 4.69) is 26.6 Å². The summed E-state index contributed by atoms with van der Waals surface area (Å²) in [5.74, 6) is -0.288. The van der Waals surface area contributed by atoms with Gasteiger partial charge in [0.15, 0.2) is 18.1 Å². The number of nitrogens with one attached hydrogen (secondary N) is 2. The summed E-state index contributed by atoms with van der Waals surface area (Å²) < 4.78 is 11.6. The Balaban J connectivity index is 1.74. The van der Waals surface area contributed by atoms with E-state index in [1.807, 2.05) is 31.2 Å². The number of carbonyl (C=O) groups excluding carboxylic acids is 2. The highest BCUT2D eigenvalue weighted by Gasteiger charge is 2.15. The molecule has 0 aliphatic carbocycles. The Labute approximate surface area is 216 Å². The Bertz CT molecular complexity index is 1330. The van der Waals surface area contributed by atoms with Crippen molar-refractivity contribution in [1.29, 1.82) is 5.26 Å². The number of hydrogen-bond acceptors (Lipinski definition) is 5. The number of rotatable bonds is 8. The third kappa shape index (κ3) is 7.34. The lowest BCUT2D eigenvalue weighted by Crippen LogP contribution is -2.20. The molecule has 0 bridgehead atoms. The first-order chi connectivity index (χ1) is 16.8. The van der Waals surface area contributed by atoms with E-state index in [-0.39, 0.29) is 18.1 Å². The lowest BCUT2D eigenvalue weighted by Gasteiger charge is -2.14. The van der Waals surface area contributed by atoms with Crippen LogP contribution in [-0.4, -0.2) is 25.5 Å². The molecule has 3 rings (SSSR count). The number of ether oxygens (including phenoxy) is 2. The van der Waals surface area contributed by atoms with Gasteiger partial charge in [-0.2, -0.15) is 5.26 Å². The number of aryl methyl sites for hydroxylation is 1. The van der Waals surface area contributed by atoms with Crippen LogP contribution in [0.15, 0.2) is 70.7 Å². The molecule has 0 spiro atoms. The second-order valence-electron chi connectivity index (χ2n) is 7.37. The first-order valence-corrected chi connectivity index (χ1v) is 11.5. The number of hydrogen-bond donors (Lipinski definition) is 2. The second-order valence-corrected chi connectivity index (χ2v) is 8.67. The number of halogens is 2. The van der Waals surface area contributed by atoms with Gasteiger partial charge in [0.1, 0.15) is 11.6 Å². The van der Waals surface area contributed by atoms with Crippen LogP contribution in [0, 0.1) is 18.3 Å². The molecule has 9 heteroatoms. The Hall–Kier alpha value is -3.80. The Morgan fingerprint density at radius 3 is 2.46 bits per heavy atom. The zero-order chi connectivity index (χ0) is 25.4. The first kappa shape index (κ1) is 25.8. The van der Waals surface area contributed by atoms with Crippen LogP contribution >= 0.6 is 27.5 Å². The summed E-state index contributed by atoms with van der Waals surface area (Å²) >= 11 is 9.35. The molecule has 2 amide bonds. The van der Waals surface area contributed by atoms with Gasteiger partial charge in [0, 0.05) is 16.4 Å². The SMILES string of the molecule is COc1cc(/C=C(\C#N)C(=O)Nc2cccc(Cl)c2)cc(Br)c1OCC(=O)Nc1cccc(C)c1. The van der Waals surface area contributed by atoms with E-state index in [1.165, 1.54) is 13.2 Å². The smallest absolute Gasteiger partial charge is 0.266 e. The zero-order valence-electron chi connectivity index (χ0n) is 18.9. The molecule has 35 heavy (non-hydrogen) atoms. The molecule has 0 aliphatic heterocycles. The van der Waals surface area contributed by atoms with Crippen LogP contribution in [0.2, 0.25) is 5.02 Å². The average molecular weight is 555 g/mol. The fourth-order valence-corrected chi connectivity index (χ4v) is 3.87. The van der Waals surface area contributed by atoms with Gasteiger partial charge in [-0.25, -0.2) is 0 Å². The molecule has 0 aliphatic rings. The highest BCUT2D eigenvalue weighted by Crippen LogP contribution is 2.37. The van der Waals surface area contributed by atoms with Crippen LogP contribution in [0.3, 0.4) is 0 Å². The highest BCUT2D eigenvalue weighted by molar-refractivity contribution is 9.10. The lowest BCUT2D eigenvalue weighted by molar-refractivity contribution is -0.118. The maximum Gasteiger partial charge on any atom is 0.266 e. The predicted molar refractivity (Wildman–Crippen MR) is 140 cm³/mol. The Kier molecular flexibility index (Phi) is 8.90. The van der Waals surface area contributed by atoms with E-state index in [1.54, 1.807) is 42.5 Å². The summed E-state index contributed by atoms with van der Waals surface area (Å²) in [5, 5.41) is 15.4. The van der Waals surface area contributed by atoms with E-state index in [4.69, 9.17) is 21.1 Å². The number of nitriles is 1. The van der Waals surface area contributed by atoms with Gasteiger partial charge in [0.25, 0.3) is 11.8 Å². The van der Waals surface area contributed by atoms with Crippen molar-refractivity contribution in [3.8, 4) is 17.6 Å². The van der Waals surface area contributed by atoms with Crippen LogP contribution in [0.5, 0.6) is 11.5 Å². The molecule has 0 atom stereocenters.